The number of benzene rings is 1. The van der Waals surface area contributed by atoms with Crippen LogP contribution in [0.1, 0.15) is 19.4 Å². The summed E-state index contributed by atoms with van der Waals surface area (Å²) in [7, 11) is 1.50. The van der Waals surface area contributed by atoms with E-state index in [0.29, 0.717) is 28.7 Å². The zero-order valence-electron chi connectivity index (χ0n) is 12.1. The number of nitrogens with zero attached hydrogens (tertiary/aromatic N) is 1. The molecule has 5 nitrogen and oxygen atoms in total. The number of esters is 1. The fourth-order valence-corrected chi connectivity index (χ4v) is 1.85. The molecule has 112 valence electrons. The first-order valence-electron chi connectivity index (χ1n) is 6.30. The molecule has 6 heteroatoms. The van der Waals surface area contributed by atoms with Crippen molar-refractivity contribution >= 4 is 23.6 Å². The van der Waals surface area contributed by atoms with E-state index in [-0.39, 0.29) is 0 Å². The molecule has 0 aliphatic heterocycles. The highest BCUT2D eigenvalue weighted by Gasteiger charge is 2.11. The summed E-state index contributed by atoms with van der Waals surface area (Å²) < 4.78 is 15.4. The molecule has 0 aliphatic carbocycles. The maximum Gasteiger partial charge on any atom is 0.332 e. The van der Waals surface area contributed by atoms with Gasteiger partial charge in [0.1, 0.15) is 6.07 Å². The minimum Gasteiger partial charge on any atom is -0.491 e. The van der Waals surface area contributed by atoms with E-state index in [9.17, 15) is 4.79 Å². The highest BCUT2D eigenvalue weighted by atomic mass is 35.5. The Morgan fingerprint density at radius 1 is 1.52 bits per heavy atom. The van der Waals surface area contributed by atoms with Gasteiger partial charge in [0.2, 0.25) is 0 Å². The summed E-state index contributed by atoms with van der Waals surface area (Å²) in [5.74, 6) is 0.330. The molecule has 1 atom stereocenters. The van der Waals surface area contributed by atoms with Crippen molar-refractivity contribution in [1.82, 2.24) is 0 Å². The minimum absolute atomic E-state index is 0.377. The fraction of sp³-hybridized carbons (Fsp3) is 0.333. The lowest BCUT2D eigenvalue weighted by Crippen LogP contribution is -2.10. The SMILES string of the molecule is CCOc1cc(/C=C/C(=O)O[C@H](C)C#N)cc(Cl)c1OC. The van der Waals surface area contributed by atoms with Crippen LogP contribution in [0.3, 0.4) is 0 Å². The molecule has 0 saturated carbocycles. The van der Waals surface area contributed by atoms with Gasteiger partial charge in [-0.1, -0.05) is 11.6 Å². The van der Waals surface area contributed by atoms with Gasteiger partial charge in [0, 0.05) is 6.08 Å². The Bertz CT molecular complexity index is 578. The Morgan fingerprint density at radius 2 is 2.24 bits per heavy atom. The molecule has 1 aromatic rings. The van der Waals surface area contributed by atoms with Gasteiger partial charge in [0.25, 0.3) is 0 Å². The van der Waals surface area contributed by atoms with E-state index in [1.54, 1.807) is 12.1 Å². The molecule has 1 rings (SSSR count). The molecule has 0 unspecified atom stereocenters. The molecule has 0 saturated heterocycles. The van der Waals surface area contributed by atoms with Crippen LogP contribution in [0.5, 0.6) is 11.5 Å². The van der Waals surface area contributed by atoms with Gasteiger partial charge in [0.05, 0.1) is 18.7 Å². The van der Waals surface area contributed by atoms with Gasteiger partial charge in [-0.25, -0.2) is 4.79 Å². The highest BCUT2D eigenvalue weighted by molar-refractivity contribution is 6.32. The lowest BCUT2D eigenvalue weighted by Gasteiger charge is -2.11. The summed E-state index contributed by atoms with van der Waals surface area (Å²) in [6.07, 6.45) is 1.96. The number of nitriles is 1. The third kappa shape index (κ3) is 5.01. The van der Waals surface area contributed by atoms with Gasteiger partial charge in [-0.3, -0.25) is 0 Å². The van der Waals surface area contributed by atoms with Gasteiger partial charge in [0.15, 0.2) is 17.6 Å². The van der Waals surface area contributed by atoms with Crippen LogP contribution in [0, 0.1) is 11.3 Å². The summed E-state index contributed by atoms with van der Waals surface area (Å²) in [4.78, 5) is 11.5. The van der Waals surface area contributed by atoms with Crippen molar-refractivity contribution in [3.05, 3.63) is 28.8 Å². The van der Waals surface area contributed by atoms with E-state index in [0.717, 1.165) is 0 Å². The topological polar surface area (TPSA) is 68.5 Å². The van der Waals surface area contributed by atoms with Gasteiger partial charge >= 0.3 is 5.97 Å². The Labute approximate surface area is 128 Å². The number of carbonyl (C=O) groups excluding carboxylic acids is 1. The average Bonchev–Trinajstić information content (AvgIpc) is 2.45. The number of rotatable bonds is 6. The normalized spacial score (nSPS) is 11.8. The van der Waals surface area contributed by atoms with Gasteiger partial charge in [-0.2, -0.15) is 5.26 Å². The second-order valence-electron chi connectivity index (χ2n) is 4.01. The highest BCUT2D eigenvalue weighted by Crippen LogP contribution is 2.36. The Morgan fingerprint density at radius 3 is 2.81 bits per heavy atom. The van der Waals surface area contributed by atoms with E-state index in [2.05, 4.69) is 0 Å². The van der Waals surface area contributed by atoms with E-state index in [1.165, 1.54) is 26.2 Å². The molecule has 0 bridgehead atoms. The molecular formula is C15H16ClNO4. The predicted molar refractivity (Wildman–Crippen MR) is 79.4 cm³/mol. The number of carbonyl (C=O) groups is 1. The molecule has 0 fully saturated rings. The lowest BCUT2D eigenvalue weighted by molar-refractivity contribution is -0.139. The molecule has 0 N–H and O–H groups in total. The molecule has 21 heavy (non-hydrogen) atoms. The van der Waals surface area contributed by atoms with Crippen molar-refractivity contribution in [3.63, 3.8) is 0 Å². The number of ether oxygens (including phenoxy) is 3. The molecule has 1 aromatic carbocycles. The fourth-order valence-electron chi connectivity index (χ4n) is 1.55. The van der Waals surface area contributed by atoms with Crippen LogP contribution in [0.25, 0.3) is 6.08 Å². The summed E-state index contributed by atoms with van der Waals surface area (Å²) in [6, 6.07) is 5.15. The van der Waals surface area contributed by atoms with E-state index in [4.69, 9.17) is 31.1 Å². The summed E-state index contributed by atoms with van der Waals surface area (Å²) in [5.41, 5.74) is 0.658. The maximum atomic E-state index is 11.5. The van der Waals surface area contributed by atoms with Crippen molar-refractivity contribution in [2.24, 2.45) is 0 Å². The van der Waals surface area contributed by atoms with Crippen LogP contribution in [-0.2, 0) is 9.53 Å². The number of methoxy groups -OCH3 is 1. The van der Waals surface area contributed by atoms with Crippen LogP contribution in [0.15, 0.2) is 18.2 Å². The van der Waals surface area contributed by atoms with Gasteiger partial charge < -0.3 is 14.2 Å². The quantitative estimate of drug-likeness (QED) is 0.596. The molecule has 0 heterocycles. The lowest BCUT2D eigenvalue weighted by atomic mass is 10.2. The zero-order chi connectivity index (χ0) is 15.8. The first-order valence-corrected chi connectivity index (χ1v) is 6.68. The smallest absolute Gasteiger partial charge is 0.332 e. The van der Waals surface area contributed by atoms with Gasteiger partial charge in [-0.15, -0.1) is 0 Å². The van der Waals surface area contributed by atoms with Crippen LogP contribution >= 0.6 is 11.6 Å². The molecular weight excluding hydrogens is 294 g/mol. The van der Waals surface area contributed by atoms with Gasteiger partial charge in [-0.05, 0) is 37.6 Å². The zero-order valence-corrected chi connectivity index (χ0v) is 12.8. The third-order valence-electron chi connectivity index (χ3n) is 2.42. The van der Waals surface area contributed by atoms with Crippen molar-refractivity contribution in [2.75, 3.05) is 13.7 Å². The molecule has 0 radical (unpaired) electrons. The van der Waals surface area contributed by atoms with Crippen molar-refractivity contribution in [2.45, 2.75) is 20.0 Å². The second kappa shape index (κ2) is 8.18. The number of halogens is 1. The third-order valence-corrected chi connectivity index (χ3v) is 2.70. The first kappa shape index (κ1) is 16.9. The van der Waals surface area contributed by atoms with E-state index >= 15 is 0 Å². The minimum atomic E-state index is -0.791. The molecule has 0 amide bonds. The van der Waals surface area contributed by atoms with E-state index in [1.807, 2.05) is 13.0 Å². The monoisotopic (exact) mass is 309 g/mol. The molecule has 0 aliphatic rings. The standard InChI is InChI=1S/C15H16ClNO4/c1-4-20-13-8-11(7-12(16)15(13)19-3)5-6-14(18)21-10(2)9-17/h5-8,10H,4H2,1-3H3/b6-5+/t10-/m1/s1. The maximum absolute atomic E-state index is 11.5. The number of hydrogen-bond acceptors (Lipinski definition) is 5. The van der Waals surface area contributed by atoms with Crippen LogP contribution in [0.2, 0.25) is 5.02 Å². The Balaban J connectivity index is 2.94. The van der Waals surface area contributed by atoms with Crippen LogP contribution in [-0.4, -0.2) is 25.8 Å². The number of hydrogen-bond donors (Lipinski definition) is 0. The van der Waals surface area contributed by atoms with E-state index < -0.39 is 12.1 Å². The first-order chi connectivity index (χ1) is 10.0. The summed E-state index contributed by atoms with van der Waals surface area (Å²) in [6.45, 7) is 3.79. The van der Waals surface area contributed by atoms with Crippen molar-refractivity contribution in [1.29, 1.82) is 5.26 Å². The van der Waals surface area contributed by atoms with Crippen molar-refractivity contribution < 1.29 is 19.0 Å². The second-order valence-corrected chi connectivity index (χ2v) is 4.42. The van der Waals surface area contributed by atoms with Crippen LogP contribution < -0.4 is 9.47 Å². The largest absolute Gasteiger partial charge is 0.491 e. The summed E-state index contributed by atoms with van der Waals surface area (Å²) in [5, 5.41) is 8.94. The van der Waals surface area contributed by atoms with Crippen molar-refractivity contribution in [3.8, 4) is 17.6 Å². The summed E-state index contributed by atoms with van der Waals surface area (Å²) >= 11 is 6.09. The Kier molecular flexibility index (Phi) is 6.57. The predicted octanol–water partition coefficient (Wildman–Crippen LogP) is 3.22. The average molecular weight is 310 g/mol. The molecule has 0 spiro atoms. The molecule has 0 aromatic heterocycles. The van der Waals surface area contributed by atoms with Crippen LogP contribution in [0.4, 0.5) is 0 Å². The Hall–Kier alpha value is -2.19.